The lowest BCUT2D eigenvalue weighted by Gasteiger charge is -2.06. The van der Waals surface area contributed by atoms with Gasteiger partial charge >= 0.3 is 0 Å². The molecule has 0 aliphatic heterocycles. The first-order valence-corrected chi connectivity index (χ1v) is 6.72. The zero-order chi connectivity index (χ0) is 13.0. The monoisotopic (exact) mass is 364 g/mol. The minimum atomic E-state index is -2.05. The van der Waals surface area contributed by atoms with Gasteiger partial charge in [-0.3, -0.25) is 9.59 Å². The minimum Gasteiger partial charge on any atom is -0.296 e. The molecule has 0 bridgehead atoms. The summed E-state index contributed by atoms with van der Waals surface area (Å²) < 4.78 is 15.0. The fourth-order valence-corrected chi connectivity index (χ4v) is 1.94. The number of hydrogen-bond acceptors (Lipinski definition) is 2. The number of benzene rings is 1. The van der Waals surface area contributed by atoms with Crippen LogP contribution in [0.2, 0.25) is 0 Å². The Morgan fingerprint density at radius 1 is 1.29 bits per heavy atom. The SMILES string of the molecule is CCCC(=O)C(F)C(=O)c1ccc(Br)c(Br)c1. The van der Waals surface area contributed by atoms with Gasteiger partial charge in [-0.05, 0) is 50.4 Å². The highest BCUT2D eigenvalue weighted by molar-refractivity contribution is 9.13. The van der Waals surface area contributed by atoms with Crippen molar-refractivity contribution < 1.29 is 14.0 Å². The van der Waals surface area contributed by atoms with Crippen LogP contribution in [0.4, 0.5) is 4.39 Å². The number of hydrogen-bond donors (Lipinski definition) is 0. The van der Waals surface area contributed by atoms with E-state index < -0.39 is 17.7 Å². The molecule has 1 aromatic rings. The molecule has 0 radical (unpaired) electrons. The van der Waals surface area contributed by atoms with E-state index >= 15 is 0 Å². The van der Waals surface area contributed by atoms with Crippen LogP contribution in [0.25, 0.3) is 0 Å². The van der Waals surface area contributed by atoms with Gasteiger partial charge < -0.3 is 0 Å². The summed E-state index contributed by atoms with van der Waals surface area (Å²) in [6.07, 6.45) is -1.43. The molecule has 1 atom stereocenters. The highest BCUT2D eigenvalue weighted by Crippen LogP contribution is 2.24. The fourth-order valence-electron chi connectivity index (χ4n) is 1.32. The molecule has 0 aliphatic rings. The lowest BCUT2D eigenvalue weighted by Crippen LogP contribution is -2.25. The first kappa shape index (κ1) is 14.5. The van der Waals surface area contributed by atoms with Crippen molar-refractivity contribution in [1.82, 2.24) is 0 Å². The van der Waals surface area contributed by atoms with Gasteiger partial charge in [-0.15, -0.1) is 0 Å². The predicted octanol–water partition coefficient (Wildman–Crippen LogP) is 4.10. The van der Waals surface area contributed by atoms with E-state index in [2.05, 4.69) is 31.9 Å². The smallest absolute Gasteiger partial charge is 0.220 e. The Bertz CT molecular complexity index is 446. The van der Waals surface area contributed by atoms with Crippen molar-refractivity contribution in [2.75, 3.05) is 0 Å². The molecule has 0 saturated heterocycles. The second kappa shape index (κ2) is 6.40. The second-order valence-electron chi connectivity index (χ2n) is 3.57. The zero-order valence-electron chi connectivity index (χ0n) is 9.17. The molecule has 0 saturated carbocycles. The van der Waals surface area contributed by atoms with Gasteiger partial charge in [-0.1, -0.05) is 13.0 Å². The van der Waals surface area contributed by atoms with Gasteiger partial charge in [0, 0.05) is 20.9 Å². The summed E-state index contributed by atoms with van der Waals surface area (Å²) in [7, 11) is 0. The van der Waals surface area contributed by atoms with E-state index in [1.54, 1.807) is 13.0 Å². The molecule has 92 valence electrons. The average molecular weight is 366 g/mol. The van der Waals surface area contributed by atoms with Crippen molar-refractivity contribution in [2.24, 2.45) is 0 Å². The van der Waals surface area contributed by atoms with E-state index in [1.165, 1.54) is 12.1 Å². The van der Waals surface area contributed by atoms with E-state index in [4.69, 9.17) is 0 Å². The standard InChI is InChI=1S/C12H11Br2FO2/c1-2-3-10(16)11(15)12(17)7-4-5-8(13)9(14)6-7/h4-6,11H,2-3H2,1H3. The fraction of sp³-hybridized carbons (Fsp3) is 0.333. The van der Waals surface area contributed by atoms with E-state index in [1.807, 2.05) is 0 Å². The van der Waals surface area contributed by atoms with Crippen molar-refractivity contribution in [3.8, 4) is 0 Å². The van der Waals surface area contributed by atoms with Crippen molar-refractivity contribution in [2.45, 2.75) is 25.9 Å². The first-order chi connectivity index (χ1) is 7.97. The topological polar surface area (TPSA) is 34.1 Å². The molecule has 0 heterocycles. The Morgan fingerprint density at radius 3 is 2.47 bits per heavy atom. The summed E-state index contributed by atoms with van der Waals surface area (Å²) in [6.45, 7) is 1.77. The van der Waals surface area contributed by atoms with Crippen molar-refractivity contribution in [3.05, 3.63) is 32.7 Å². The van der Waals surface area contributed by atoms with Crippen LogP contribution in [-0.4, -0.2) is 17.7 Å². The molecule has 0 aromatic heterocycles. The Hall–Kier alpha value is -0.550. The summed E-state index contributed by atoms with van der Waals surface area (Å²) >= 11 is 6.48. The minimum absolute atomic E-state index is 0.0879. The van der Waals surface area contributed by atoms with Crippen LogP contribution in [-0.2, 0) is 4.79 Å². The van der Waals surface area contributed by atoms with E-state index in [-0.39, 0.29) is 12.0 Å². The predicted molar refractivity (Wildman–Crippen MR) is 71.0 cm³/mol. The molecule has 0 aliphatic carbocycles. The Balaban J connectivity index is 2.89. The molecule has 0 N–H and O–H groups in total. The van der Waals surface area contributed by atoms with E-state index in [0.717, 1.165) is 4.47 Å². The third-order valence-electron chi connectivity index (χ3n) is 2.21. The summed E-state index contributed by atoms with van der Waals surface area (Å²) in [5.74, 6) is -1.44. The Kier molecular flexibility index (Phi) is 5.46. The number of alkyl halides is 1. The van der Waals surface area contributed by atoms with Crippen LogP contribution in [0.1, 0.15) is 30.1 Å². The van der Waals surface area contributed by atoms with Crippen molar-refractivity contribution >= 4 is 43.4 Å². The number of carbonyl (C=O) groups is 2. The van der Waals surface area contributed by atoms with Gasteiger partial charge in [0.05, 0.1) is 0 Å². The summed E-state index contributed by atoms with van der Waals surface area (Å²) in [5.41, 5.74) is 0.192. The molecular weight excluding hydrogens is 355 g/mol. The zero-order valence-corrected chi connectivity index (χ0v) is 12.3. The van der Waals surface area contributed by atoms with Gasteiger partial charge in [-0.25, -0.2) is 4.39 Å². The quantitative estimate of drug-likeness (QED) is 0.581. The lowest BCUT2D eigenvalue weighted by molar-refractivity contribution is -0.122. The summed E-state index contributed by atoms with van der Waals surface area (Å²) in [5, 5.41) is 0. The molecule has 2 nitrogen and oxygen atoms in total. The highest BCUT2D eigenvalue weighted by atomic mass is 79.9. The molecule has 1 unspecified atom stereocenters. The highest BCUT2D eigenvalue weighted by Gasteiger charge is 2.26. The molecule has 0 amide bonds. The van der Waals surface area contributed by atoms with Crippen LogP contribution in [0.5, 0.6) is 0 Å². The van der Waals surface area contributed by atoms with Gasteiger partial charge in [0.1, 0.15) is 0 Å². The third kappa shape index (κ3) is 3.71. The third-order valence-corrected chi connectivity index (χ3v) is 4.09. The van der Waals surface area contributed by atoms with Crippen LogP contribution in [0.3, 0.4) is 0 Å². The van der Waals surface area contributed by atoms with Gasteiger partial charge in [-0.2, -0.15) is 0 Å². The maximum Gasteiger partial charge on any atom is 0.220 e. The number of rotatable bonds is 5. The van der Waals surface area contributed by atoms with Crippen LogP contribution in [0.15, 0.2) is 27.1 Å². The molecular formula is C12H11Br2FO2. The molecule has 1 aromatic carbocycles. The lowest BCUT2D eigenvalue weighted by atomic mass is 10.0. The molecule has 0 spiro atoms. The van der Waals surface area contributed by atoms with Gasteiger partial charge in [0.15, 0.2) is 5.78 Å². The average Bonchev–Trinajstić information content (AvgIpc) is 2.31. The molecule has 0 fully saturated rings. The van der Waals surface area contributed by atoms with Gasteiger partial charge in [0.25, 0.3) is 0 Å². The molecule has 17 heavy (non-hydrogen) atoms. The van der Waals surface area contributed by atoms with E-state index in [0.29, 0.717) is 10.9 Å². The van der Waals surface area contributed by atoms with Crippen molar-refractivity contribution in [1.29, 1.82) is 0 Å². The Morgan fingerprint density at radius 2 is 1.94 bits per heavy atom. The van der Waals surface area contributed by atoms with Crippen molar-refractivity contribution in [3.63, 3.8) is 0 Å². The second-order valence-corrected chi connectivity index (χ2v) is 5.28. The molecule has 1 rings (SSSR count). The number of carbonyl (C=O) groups excluding carboxylic acids is 2. The van der Waals surface area contributed by atoms with E-state index in [9.17, 15) is 14.0 Å². The number of halogens is 3. The number of Topliss-reactive ketones (excluding diaryl/α,β-unsaturated/α-hetero) is 2. The summed E-state index contributed by atoms with van der Waals surface area (Å²) in [6, 6.07) is 4.62. The number of ketones is 2. The van der Waals surface area contributed by atoms with Crippen LogP contribution < -0.4 is 0 Å². The Labute approximate surface area is 116 Å². The largest absolute Gasteiger partial charge is 0.296 e. The maximum atomic E-state index is 13.6. The van der Waals surface area contributed by atoms with Crippen LogP contribution >= 0.6 is 31.9 Å². The summed E-state index contributed by atoms with van der Waals surface area (Å²) in [4.78, 5) is 23.0. The van der Waals surface area contributed by atoms with Gasteiger partial charge in [0.2, 0.25) is 12.0 Å². The van der Waals surface area contributed by atoms with Crippen LogP contribution in [0, 0.1) is 0 Å². The maximum absolute atomic E-state index is 13.6. The first-order valence-electron chi connectivity index (χ1n) is 5.13. The normalized spacial score (nSPS) is 12.2. The molecule has 5 heteroatoms.